The Hall–Kier alpha value is -0.950. The van der Waals surface area contributed by atoms with Crippen LogP contribution in [0.4, 0.5) is 0 Å². The van der Waals surface area contributed by atoms with E-state index in [1.165, 1.54) is 6.42 Å². The van der Waals surface area contributed by atoms with Crippen molar-refractivity contribution in [2.75, 3.05) is 6.54 Å². The van der Waals surface area contributed by atoms with Gasteiger partial charge in [-0.2, -0.15) is 0 Å². The molecule has 0 aromatic heterocycles. The summed E-state index contributed by atoms with van der Waals surface area (Å²) in [5.74, 6) is 0. The lowest BCUT2D eigenvalue weighted by molar-refractivity contribution is -0.789. The molecule has 0 bridgehead atoms. The summed E-state index contributed by atoms with van der Waals surface area (Å²) in [6.07, 6.45) is 5.26. The Morgan fingerprint density at radius 2 is 1.65 bits per heavy atom. The highest BCUT2D eigenvalue weighted by atomic mass is 35.5. The van der Waals surface area contributed by atoms with Gasteiger partial charge in [-0.25, -0.2) is 0 Å². The van der Waals surface area contributed by atoms with E-state index >= 15 is 0 Å². The monoisotopic (exact) mass is 267 g/mol. The molecule has 0 radical (unpaired) electrons. The topological polar surface area (TPSA) is 98.3 Å². The van der Waals surface area contributed by atoms with Gasteiger partial charge in [0.05, 0.1) is 16.8 Å². The van der Waals surface area contributed by atoms with Crippen molar-refractivity contribution < 1.29 is 9.85 Å². The van der Waals surface area contributed by atoms with Gasteiger partial charge < -0.3 is 5.32 Å². The molecule has 7 nitrogen and oxygen atoms in total. The van der Waals surface area contributed by atoms with E-state index in [0.29, 0.717) is 0 Å². The number of nitrogens with one attached hydrogen (secondary N) is 1. The molecule has 0 unspecified atom stereocenters. The summed E-state index contributed by atoms with van der Waals surface area (Å²) >= 11 is 0. The van der Waals surface area contributed by atoms with E-state index in [-0.39, 0.29) is 25.0 Å². The maximum Gasteiger partial charge on any atom is 0.467 e. The Bertz CT molecular complexity index is 267. The summed E-state index contributed by atoms with van der Waals surface area (Å²) in [6, 6.07) is 0.188. The summed E-state index contributed by atoms with van der Waals surface area (Å²) in [6.45, 7) is 0.834. The molecule has 0 aromatic carbocycles. The molecule has 100 valence electrons. The predicted octanol–water partition coefficient (Wildman–Crippen LogP) is 1.60. The van der Waals surface area contributed by atoms with Crippen molar-refractivity contribution in [1.29, 1.82) is 0 Å². The Morgan fingerprint density at radius 1 is 1.18 bits per heavy atom. The zero-order chi connectivity index (χ0) is 12.2. The van der Waals surface area contributed by atoms with Gasteiger partial charge in [0.1, 0.15) is 6.54 Å². The highest BCUT2D eigenvalue weighted by Gasteiger charge is 2.50. The summed E-state index contributed by atoms with van der Waals surface area (Å²) in [5, 5.41) is 24.3. The van der Waals surface area contributed by atoms with E-state index in [1.807, 2.05) is 0 Å². The van der Waals surface area contributed by atoms with Crippen molar-refractivity contribution in [2.45, 2.75) is 50.7 Å². The number of nitro groups is 2. The number of rotatable bonds is 5. The van der Waals surface area contributed by atoms with E-state index in [1.54, 1.807) is 0 Å². The fourth-order valence-corrected chi connectivity index (χ4v) is 1.84. The zero-order valence-corrected chi connectivity index (χ0v) is 10.6. The van der Waals surface area contributed by atoms with E-state index in [2.05, 4.69) is 5.32 Å². The van der Waals surface area contributed by atoms with Crippen LogP contribution in [0.25, 0.3) is 0 Å². The number of hydrogen-bond donors (Lipinski definition) is 1. The first-order chi connectivity index (χ1) is 7.47. The minimum absolute atomic E-state index is 0. The molecule has 0 aromatic rings. The van der Waals surface area contributed by atoms with Crippen molar-refractivity contribution >= 4 is 12.4 Å². The summed E-state index contributed by atoms with van der Waals surface area (Å²) in [7, 11) is 0. The first-order valence-corrected chi connectivity index (χ1v) is 5.49. The van der Waals surface area contributed by atoms with Crippen LogP contribution >= 0.6 is 12.4 Å². The van der Waals surface area contributed by atoms with Gasteiger partial charge in [-0.1, -0.05) is 19.3 Å². The van der Waals surface area contributed by atoms with Crippen LogP contribution in [0.3, 0.4) is 0 Å². The maximum atomic E-state index is 10.7. The number of nitrogens with zero attached hydrogens (tertiary/aromatic N) is 2. The highest BCUT2D eigenvalue weighted by molar-refractivity contribution is 5.85. The second-order valence-corrected chi connectivity index (χ2v) is 4.45. The Morgan fingerprint density at radius 3 is 2.06 bits per heavy atom. The van der Waals surface area contributed by atoms with E-state index in [0.717, 1.165) is 32.6 Å². The first-order valence-electron chi connectivity index (χ1n) is 5.49. The average Bonchev–Trinajstić information content (AvgIpc) is 2.26. The van der Waals surface area contributed by atoms with Crippen LogP contribution in [0.5, 0.6) is 0 Å². The quantitative estimate of drug-likeness (QED) is 0.463. The summed E-state index contributed by atoms with van der Waals surface area (Å²) < 4.78 is 0. The van der Waals surface area contributed by atoms with Crippen molar-refractivity contribution in [3.05, 3.63) is 20.2 Å². The van der Waals surface area contributed by atoms with Gasteiger partial charge in [0.25, 0.3) is 0 Å². The molecule has 0 atom stereocenters. The summed E-state index contributed by atoms with van der Waals surface area (Å²) in [4.78, 5) is 19.7. The molecule has 1 rings (SSSR count). The molecular weight excluding hydrogens is 250 g/mol. The molecule has 1 saturated carbocycles. The van der Waals surface area contributed by atoms with Crippen LogP contribution < -0.4 is 5.32 Å². The van der Waals surface area contributed by atoms with Crippen molar-refractivity contribution in [3.63, 3.8) is 0 Å². The lowest BCUT2D eigenvalue weighted by Crippen LogP contribution is -2.53. The lowest BCUT2D eigenvalue weighted by atomic mass is 9.95. The smallest absolute Gasteiger partial charge is 0.301 e. The zero-order valence-electron chi connectivity index (χ0n) is 9.76. The van der Waals surface area contributed by atoms with Crippen molar-refractivity contribution in [1.82, 2.24) is 5.32 Å². The molecule has 1 aliphatic rings. The lowest BCUT2D eigenvalue weighted by Gasteiger charge is -2.24. The van der Waals surface area contributed by atoms with Crippen LogP contribution in [-0.4, -0.2) is 28.1 Å². The predicted molar refractivity (Wildman–Crippen MR) is 64.5 cm³/mol. The third-order valence-electron chi connectivity index (χ3n) is 3.12. The van der Waals surface area contributed by atoms with Crippen molar-refractivity contribution in [2.24, 2.45) is 0 Å². The largest absolute Gasteiger partial charge is 0.467 e. The van der Waals surface area contributed by atoms with Gasteiger partial charge in [0.2, 0.25) is 0 Å². The third kappa shape index (κ3) is 4.08. The summed E-state index contributed by atoms with van der Waals surface area (Å²) in [5.41, 5.74) is -2.11. The third-order valence-corrected chi connectivity index (χ3v) is 3.12. The van der Waals surface area contributed by atoms with Gasteiger partial charge in [0.15, 0.2) is 0 Å². The molecule has 1 aliphatic carbocycles. The first kappa shape index (κ1) is 16.1. The van der Waals surface area contributed by atoms with Gasteiger partial charge in [-0.3, -0.25) is 20.2 Å². The van der Waals surface area contributed by atoms with E-state index in [9.17, 15) is 20.2 Å². The normalized spacial score (nSPS) is 17.2. The van der Waals surface area contributed by atoms with Gasteiger partial charge >= 0.3 is 5.66 Å². The SMILES string of the molecule is CC(CNC1CCCCC1)([N+](=O)[O-])[N+](=O)[O-].Cl. The molecular formula is C9H18ClN3O4. The second kappa shape index (κ2) is 6.70. The molecule has 0 saturated heterocycles. The minimum Gasteiger partial charge on any atom is -0.301 e. The molecule has 17 heavy (non-hydrogen) atoms. The van der Waals surface area contributed by atoms with Crippen LogP contribution in [0.15, 0.2) is 0 Å². The second-order valence-electron chi connectivity index (χ2n) is 4.45. The van der Waals surface area contributed by atoms with Crippen LogP contribution in [0.2, 0.25) is 0 Å². The van der Waals surface area contributed by atoms with Crippen LogP contribution in [0, 0.1) is 20.2 Å². The van der Waals surface area contributed by atoms with E-state index in [4.69, 9.17) is 0 Å². The Labute approximate surface area is 106 Å². The standard InChI is InChI=1S/C9H17N3O4.ClH/c1-9(11(13)14,12(15)16)7-10-8-5-3-2-4-6-8;/h8,10H,2-7H2,1H3;1H. The molecule has 8 heteroatoms. The van der Waals surface area contributed by atoms with E-state index < -0.39 is 15.5 Å². The number of hydrogen-bond acceptors (Lipinski definition) is 5. The maximum absolute atomic E-state index is 10.7. The highest BCUT2D eigenvalue weighted by Crippen LogP contribution is 2.18. The molecule has 0 aliphatic heterocycles. The van der Waals surface area contributed by atoms with Crippen LogP contribution in [-0.2, 0) is 0 Å². The fraction of sp³-hybridized carbons (Fsp3) is 1.00. The Balaban J connectivity index is 0.00000256. The molecule has 1 fully saturated rings. The molecule has 0 spiro atoms. The minimum atomic E-state index is -2.11. The van der Waals surface area contributed by atoms with Gasteiger partial charge in [-0.05, 0) is 12.8 Å². The fourth-order valence-electron chi connectivity index (χ4n) is 1.84. The molecule has 0 amide bonds. The molecule has 0 heterocycles. The average molecular weight is 268 g/mol. The van der Waals surface area contributed by atoms with Gasteiger partial charge in [0, 0.05) is 6.04 Å². The number of halogens is 1. The van der Waals surface area contributed by atoms with Crippen LogP contribution in [0.1, 0.15) is 39.0 Å². The molecule has 1 N–H and O–H groups in total. The van der Waals surface area contributed by atoms with Gasteiger partial charge in [-0.15, -0.1) is 12.4 Å². The Kier molecular flexibility index (Phi) is 6.33. The van der Waals surface area contributed by atoms with Crippen molar-refractivity contribution in [3.8, 4) is 0 Å².